The molecule has 0 saturated heterocycles. The third-order valence-corrected chi connectivity index (χ3v) is 3.02. The van der Waals surface area contributed by atoms with Crippen LogP contribution in [0.5, 0.6) is 0 Å². The third kappa shape index (κ3) is 4.88. The van der Waals surface area contributed by atoms with Gasteiger partial charge >= 0.3 is 23.9 Å². The molecule has 12 heteroatoms. The largest absolute Gasteiger partial charge is 0.544 e. The van der Waals surface area contributed by atoms with Gasteiger partial charge in [0.25, 0.3) is 0 Å². The maximum atomic E-state index is 13.2. The van der Waals surface area contributed by atoms with Crippen LogP contribution in [0.15, 0.2) is 0 Å². The standard InChI is InChI=1S/C11H14F9NO2/c1-21(2,6-7(22)23)5-3-4-8(12,13)9(14,15)10(16,17)11(18,19)20/h3-6H2,1-2H3. The molecular weight excluding hydrogens is 349 g/mol. The second-order valence-corrected chi connectivity index (χ2v) is 5.64. The first kappa shape index (κ1) is 21.8. The fraction of sp³-hybridized carbons (Fsp3) is 0.909. The normalized spacial score (nSPS) is 14.9. The zero-order valence-corrected chi connectivity index (χ0v) is 12.0. The average molecular weight is 363 g/mol. The summed E-state index contributed by atoms with van der Waals surface area (Å²) in [5.74, 6) is -20.7. The van der Waals surface area contributed by atoms with E-state index in [1.807, 2.05) is 0 Å². The Labute approximate surface area is 125 Å². The molecule has 0 saturated carbocycles. The number of carbonyl (C=O) groups excluding carboxylic acids is 1. The number of quaternary nitrogens is 1. The summed E-state index contributed by atoms with van der Waals surface area (Å²) in [6.45, 7) is -1.15. The molecule has 0 radical (unpaired) electrons. The maximum Gasteiger partial charge on any atom is 0.460 e. The van der Waals surface area contributed by atoms with Crippen molar-refractivity contribution in [1.82, 2.24) is 0 Å². The van der Waals surface area contributed by atoms with Crippen molar-refractivity contribution in [3.63, 3.8) is 0 Å². The number of rotatable bonds is 8. The molecule has 138 valence electrons. The van der Waals surface area contributed by atoms with E-state index in [9.17, 15) is 49.4 Å². The van der Waals surface area contributed by atoms with Crippen LogP contribution in [0.3, 0.4) is 0 Å². The minimum absolute atomic E-state index is 0.475. The van der Waals surface area contributed by atoms with E-state index < -0.39 is 60.3 Å². The minimum atomic E-state index is -6.90. The molecule has 0 aliphatic carbocycles. The Hall–Kier alpha value is -1.20. The summed E-state index contributed by atoms with van der Waals surface area (Å²) in [4.78, 5) is 10.4. The smallest absolute Gasteiger partial charge is 0.460 e. The first-order valence-electron chi connectivity index (χ1n) is 6.09. The lowest BCUT2D eigenvalue weighted by Gasteiger charge is -2.35. The van der Waals surface area contributed by atoms with Gasteiger partial charge < -0.3 is 14.4 Å². The van der Waals surface area contributed by atoms with Gasteiger partial charge in [-0.2, -0.15) is 39.5 Å². The van der Waals surface area contributed by atoms with E-state index >= 15 is 0 Å². The van der Waals surface area contributed by atoms with Gasteiger partial charge in [-0.25, -0.2) is 0 Å². The monoisotopic (exact) mass is 363 g/mol. The fourth-order valence-corrected chi connectivity index (χ4v) is 1.72. The molecule has 0 heterocycles. The predicted octanol–water partition coefficient (Wildman–Crippen LogP) is 2.06. The van der Waals surface area contributed by atoms with Crippen LogP contribution in [-0.4, -0.2) is 61.6 Å². The average Bonchev–Trinajstić information content (AvgIpc) is 2.23. The van der Waals surface area contributed by atoms with Crippen LogP contribution in [0.2, 0.25) is 0 Å². The number of nitrogens with zero attached hydrogens (tertiary/aromatic N) is 1. The van der Waals surface area contributed by atoms with Gasteiger partial charge in [0.05, 0.1) is 26.6 Å². The summed E-state index contributed by atoms with van der Waals surface area (Å²) in [6.07, 6.45) is -9.72. The van der Waals surface area contributed by atoms with Crippen molar-refractivity contribution in [1.29, 1.82) is 0 Å². The van der Waals surface area contributed by atoms with Gasteiger partial charge in [0.15, 0.2) is 0 Å². The summed E-state index contributed by atoms with van der Waals surface area (Å²) in [7, 11) is 2.41. The van der Waals surface area contributed by atoms with Crippen LogP contribution < -0.4 is 5.11 Å². The van der Waals surface area contributed by atoms with Crippen molar-refractivity contribution < 1.29 is 53.9 Å². The van der Waals surface area contributed by atoms with Crippen LogP contribution in [0.4, 0.5) is 39.5 Å². The van der Waals surface area contributed by atoms with Crippen molar-refractivity contribution in [3.05, 3.63) is 0 Å². The van der Waals surface area contributed by atoms with E-state index in [4.69, 9.17) is 0 Å². The minimum Gasteiger partial charge on any atom is -0.544 e. The van der Waals surface area contributed by atoms with Gasteiger partial charge in [-0.3, -0.25) is 0 Å². The van der Waals surface area contributed by atoms with Crippen LogP contribution in [0, 0.1) is 0 Å². The lowest BCUT2D eigenvalue weighted by molar-refractivity contribution is -0.885. The van der Waals surface area contributed by atoms with Crippen LogP contribution in [-0.2, 0) is 4.79 Å². The Morgan fingerprint density at radius 2 is 1.35 bits per heavy atom. The Balaban J connectivity index is 5.03. The van der Waals surface area contributed by atoms with E-state index in [0.717, 1.165) is 0 Å². The summed E-state index contributed by atoms with van der Waals surface area (Å²) in [5.41, 5.74) is 0. The molecule has 0 spiro atoms. The number of carboxylic acid groups (broad SMARTS) is 1. The van der Waals surface area contributed by atoms with Crippen LogP contribution >= 0.6 is 0 Å². The highest BCUT2D eigenvalue weighted by atomic mass is 19.4. The number of hydrogen-bond acceptors (Lipinski definition) is 2. The molecule has 0 aromatic heterocycles. The summed E-state index contributed by atoms with van der Waals surface area (Å²) >= 11 is 0. The first-order valence-corrected chi connectivity index (χ1v) is 6.09. The summed E-state index contributed by atoms with van der Waals surface area (Å²) in [6, 6.07) is 0. The third-order valence-electron chi connectivity index (χ3n) is 3.02. The zero-order chi connectivity index (χ0) is 18.9. The molecule has 0 N–H and O–H groups in total. The quantitative estimate of drug-likeness (QED) is 0.489. The molecule has 0 rings (SSSR count). The summed E-state index contributed by atoms with van der Waals surface area (Å²) in [5, 5.41) is 10.4. The number of carbonyl (C=O) groups is 1. The molecule has 23 heavy (non-hydrogen) atoms. The second kappa shape index (κ2) is 6.36. The lowest BCUT2D eigenvalue weighted by Crippen LogP contribution is -2.61. The molecule has 0 bridgehead atoms. The Kier molecular flexibility index (Phi) is 6.03. The molecule has 0 aromatic rings. The topological polar surface area (TPSA) is 40.1 Å². The molecule has 0 atom stereocenters. The molecule has 0 aliphatic heterocycles. The van der Waals surface area contributed by atoms with Crippen molar-refractivity contribution in [2.45, 2.75) is 36.8 Å². The number of alkyl halides is 9. The molecule has 0 aliphatic rings. The van der Waals surface area contributed by atoms with Crippen molar-refractivity contribution in [2.75, 3.05) is 27.2 Å². The number of carboxylic acids is 1. The van der Waals surface area contributed by atoms with Gasteiger partial charge in [-0.15, -0.1) is 0 Å². The van der Waals surface area contributed by atoms with E-state index in [1.54, 1.807) is 0 Å². The Morgan fingerprint density at radius 1 is 0.913 bits per heavy atom. The molecule has 0 unspecified atom stereocenters. The second-order valence-electron chi connectivity index (χ2n) is 5.64. The van der Waals surface area contributed by atoms with Crippen molar-refractivity contribution in [3.8, 4) is 0 Å². The van der Waals surface area contributed by atoms with Gasteiger partial charge in [-0.05, 0) is 0 Å². The number of aliphatic carboxylic acids is 1. The van der Waals surface area contributed by atoms with Crippen molar-refractivity contribution in [2.24, 2.45) is 0 Å². The molecule has 0 amide bonds. The SMILES string of the molecule is C[N+](C)(CCCC(F)(F)C(F)(F)C(F)(F)C(F)(F)F)CC(=O)[O-]. The molecule has 0 fully saturated rings. The highest BCUT2D eigenvalue weighted by molar-refractivity contribution is 5.65. The van der Waals surface area contributed by atoms with Crippen LogP contribution in [0.1, 0.15) is 12.8 Å². The highest BCUT2D eigenvalue weighted by Crippen LogP contribution is 2.54. The summed E-state index contributed by atoms with van der Waals surface area (Å²) < 4.78 is 113. The molecular formula is C11H14F9NO2. The maximum absolute atomic E-state index is 13.2. The number of likely N-dealkylation sites (N-methyl/N-ethyl adjacent to an activating group) is 1. The zero-order valence-electron chi connectivity index (χ0n) is 12.0. The number of hydrogen-bond donors (Lipinski definition) is 0. The molecule has 0 aromatic carbocycles. The molecule has 3 nitrogen and oxygen atoms in total. The van der Waals surface area contributed by atoms with Gasteiger partial charge in [0.2, 0.25) is 0 Å². The van der Waals surface area contributed by atoms with Gasteiger partial charge in [-0.1, -0.05) is 0 Å². The van der Waals surface area contributed by atoms with E-state index in [-0.39, 0.29) is 0 Å². The van der Waals surface area contributed by atoms with E-state index in [0.29, 0.717) is 0 Å². The predicted molar refractivity (Wildman–Crippen MR) is 57.0 cm³/mol. The van der Waals surface area contributed by atoms with Crippen LogP contribution in [0.25, 0.3) is 0 Å². The van der Waals surface area contributed by atoms with E-state index in [2.05, 4.69) is 0 Å². The van der Waals surface area contributed by atoms with Crippen molar-refractivity contribution >= 4 is 5.97 Å². The fourth-order valence-electron chi connectivity index (χ4n) is 1.72. The first-order chi connectivity index (χ1) is 9.87. The lowest BCUT2D eigenvalue weighted by atomic mass is 9.99. The Morgan fingerprint density at radius 3 is 1.70 bits per heavy atom. The van der Waals surface area contributed by atoms with E-state index in [1.165, 1.54) is 14.1 Å². The Bertz CT molecular complexity index is 432. The van der Waals surface area contributed by atoms with Gasteiger partial charge in [0, 0.05) is 12.8 Å². The number of halogens is 9. The van der Waals surface area contributed by atoms with Gasteiger partial charge in [0.1, 0.15) is 6.54 Å². The highest BCUT2D eigenvalue weighted by Gasteiger charge is 2.81.